The summed E-state index contributed by atoms with van der Waals surface area (Å²) in [4.78, 5) is 54.8. The monoisotopic (exact) mass is 434 g/mol. The van der Waals surface area contributed by atoms with Crippen LogP contribution in [-0.2, 0) is 9.53 Å². The topological polar surface area (TPSA) is 116 Å². The summed E-state index contributed by atoms with van der Waals surface area (Å²) in [6, 6.07) is 9.08. The summed E-state index contributed by atoms with van der Waals surface area (Å²) in [5, 5.41) is 0.155. The van der Waals surface area contributed by atoms with Gasteiger partial charge in [0, 0.05) is 19.1 Å². The van der Waals surface area contributed by atoms with E-state index in [0.717, 1.165) is 12.8 Å². The van der Waals surface area contributed by atoms with Crippen LogP contribution in [0.5, 0.6) is 5.75 Å². The Bertz CT molecular complexity index is 1340. The molecule has 3 heterocycles. The van der Waals surface area contributed by atoms with Crippen LogP contribution in [0.3, 0.4) is 0 Å². The first kappa shape index (κ1) is 20.1. The largest absolute Gasteiger partial charge is 0.427 e. The fourth-order valence-corrected chi connectivity index (χ4v) is 3.99. The average Bonchev–Trinajstić information content (AvgIpc) is 3.36. The SMILES string of the molecule is CC(=O)Oc1ccc2nc(-c3ccc4c(c3)C(=O)N(C[C@@H]3CCCO3)C4=O)oc(=O)c2c1. The van der Waals surface area contributed by atoms with Crippen LogP contribution in [0, 0.1) is 0 Å². The molecule has 3 aromatic rings. The quantitative estimate of drug-likeness (QED) is 0.349. The van der Waals surface area contributed by atoms with Gasteiger partial charge in [-0.3, -0.25) is 19.3 Å². The first-order chi connectivity index (χ1) is 15.4. The summed E-state index contributed by atoms with van der Waals surface area (Å²) in [5.74, 6) is -1.05. The van der Waals surface area contributed by atoms with Crippen molar-refractivity contribution in [2.24, 2.45) is 0 Å². The third kappa shape index (κ3) is 3.46. The molecule has 0 saturated carbocycles. The normalized spacial score (nSPS) is 17.8. The van der Waals surface area contributed by atoms with Gasteiger partial charge in [0.2, 0.25) is 5.89 Å². The zero-order chi connectivity index (χ0) is 22.4. The van der Waals surface area contributed by atoms with Gasteiger partial charge in [-0.15, -0.1) is 0 Å². The number of hydrogen-bond acceptors (Lipinski definition) is 8. The zero-order valence-electron chi connectivity index (χ0n) is 17.1. The van der Waals surface area contributed by atoms with Gasteiger partial charge in [-0.25, -0.2) is 9.78 Å². The number of benzene rings is 2. The van der Waals surface area contributed by atoms with Crippen molar-refractivity contribution in [1.82, 2.24) is 9.88 Å². The standard InChI is InChI=1S/C23H18N2O7/c1-12(26)31-14-5-7-19-18(10-14)23(29)32-20(24-19)13-4-6-16-17(9-13)22(28)25(21(16)27)11-15-3-2-8-30-15/h4-7,9-10,15H,2-3,8,11H2,1H3/t15-/m0/s1. The second-order valence-corrected chi connectivity index (χ2v) is 7.70. The summed E-state index contributed by atoms with van der Waals surface area (Å²) >= 11 is 0. The van der Waals surface area contributed by atoms with Gasteiger partial charge in [0.05, 0.1) is 34.7 Å². The van der Waals surface area contributed by atoms with Crippen LogP contribution < -0.4 is 10.4 Å². The highest BCUT2D eigenvalue weighted by atomic mass is 16.5. The maximum absolute atomic E-state index is 12.9. The second-order valence-electron chi connectivity index (χ2n) is 7.70. The average molecular weight is 434 g/mol. The Hall–Kier alpha value is -3.85. The minimum atomic E-state index is -0.665. The number of aromatic nitrogens is 1. The predicted molar refractivity (Wildman–Crippen MR) is 111 cm³/mol. The zero-order valence-corrected chi connectivity index (χ0v) is 17.1. The molecule has 0 unspecified atom stereocenters. The van der Waals surface area contributed by atoms with Crippen molar-refractivity contribution in [3.8, 4) is 17.2 Å². The van der Waals surface area contributed by atoms with Crippen LogP contribution in [0.15, 0.2) is 45.6 Å². The maximum Gasteiger partial charge on any atom is 0.347 e. The molecule has 1 atom stereocenters. The molecule has 2 amide bonds. The fraction of sp³-hybridized carbons (Fsp3) is 0.261. The highest BCUT2D eigenvalue weighted by Crippen LogP contribution is 2.29. The Morgan fingerprint density at radius 1 is 1.12 bits per heavy atom. The lowest BCUT2D eigenvalue weighted by molar-refractivity contribution is -0.131. The highest BCUT2D eigenvalue weighted by molar-refractivity contribution is 6.21. The number of esters is 1. The Morgan fingerprint density at radius 3 is 2.69 bits per heavy atom. The molecule has 2 aromatic carbocycles. The molecule has 2 aliphatic rings. The van der Waals surface area contributed by atoms with E-state index in [9.17, 15) is 19.2 Å². The van der Waals surface area contributed by atoms with Crippen LogP contribution >= 0.6 is 0 Å². The van der Waals surface area contributed by atoms with Gasteiger partial charge in [0.25, 0.3) is 11.8 Å². The van der Waals surface area contributed by atoms with E-state index < -0.39 is 17.5 Å². The van der Waals surface area contributed by atoms with E-state index in [1.165, 1.54) is 36.1 Å². The number of nitrogens with zero attached hydrogens (tertiary/aromatic N) is 2. The number of amides is 2. The third-order valence-electron chi connectivity index (χ3n) is 5.49. The van der Waals surface area contributed by atoms with E-state index >= 15 is 0 Å². The Morgan fingerprint density at radius 2 is 1.94 bits per heavy atom. The van der Waals surface area contributed by atoms with E-state index in [2.05, 4.69) is 4.98 Å². The minimum absolute atomic E-state index is 0.0170. The lowest BCUT2D eigenvalue weighted by Gasteiger charge is -2.17. The minimum Gasteiger partial charge on any atom is -0.427 e. The van der Waals surface area contributed by atoms with E-state index in [1.54, 1.807) is 12.1 Å². The number of fused-ring (bicyclic) bond motifs is 2. The number of imide groups is 1. The lowest BCUT2D eigenvalue weighted by atomic mass is 10.1. The van der Waals surface area contributed by atoms with E-state index in [0.29, 0.717) is 23.3 Å². The molecular weight excluding hydrogens is 416 g/mol. The Labute approximate surface area is 181 Å². The van der Waals surface area contributed by atoms with Crippen molar-refractivity contribution < 1.29 is 28.3 Å². The number of carbonyl (C=O) groups excluding carboxylic acids is 3. The third-order valence-corrected chi connectivity index (χ3v) is 5.49. The summed E-state index contributed by atoms with van der Waals surface area (Å²) in [6.07, 6.45) is 1.57. The summed E-state index contributed by atoms with van der Waals surface area (Å²) in [6.45, 7) is 2.11. The molecule has 0 N–H and O–H groups in total. The molecule has 1 aromatic heterocycles. The van der Waals surface area contributed by atoms with Crippen molar-refractivity contribution in [2.75, 3.05) is 13.2 Å². The summed E-state index contributed by atoms with van der Waals surface area (Å²) < 4.78 is 15.9. The maximum atomic E-state index is 12.9. The molecule has 0 aliphatic carbocycles. The van der Waals surface area contributed by atoms with Crippen molar-refractivity contribution in [2.45, 2.75) is 25.9 Å². The van der Waals surface area contributed by atoms with Crippen LogP contribution in [0.2, 0.25) is 0 Å². The first-order valence-corrected chi connectivity index (χ1v) is 10.2. The molecule has 0 radical (unpaired) electrons. The first-order valence-electron chi connectivity index (χ1n) is 10.2. The Kier molecular flexibility index (Phi) is 4.82. The van der Waals surface area contributed by atoms with E-state index in [4.69, 9.17) is 13.9 Å². The van der Waals surface area contributed by atoms with E-state index in [1.807, 2.05) is 0 Å². The van der Waals surface area contributed by atoms with Crippen LogP contribution in [0.1, 0.15) is 40.5 Å². The van der Waals surface area contributed by atoms with Gasteiger partial charge in [-0.05, 0) is 49.2 Å². The second kappa shape index (κ2) is 7.69. The molecule has 0 spiro atoms. The molecule has 5 rings (SSSR count). The number of rotatable bonds is 4. The number of hydrogen-bond donors (Lipinski definition) is 0. The number of carbonyl (C=O) groups is 3. The highest BCUT2D eigenvalue weighted by Gasteiger charge is 2.37. The van der Waals surface area contributed by atoms with Gasteiger partial charge in [-0.1, -0.05) is 0 Å². The van der Waals surface area contributed by atoms with Crippen molar-refractivity contribution >= 4 is 28.7 Å². The van der Waals surface area contributed by atoms with Gasteiger partial charge in [0.15, 0.2) is 0 Å². The van der Waals surface area contributed by atoms with Crippen molar-refractivity contribution in [3.05, 3.63) is 57.9 Å². The lowest BCUT2D eigenvalue weighted by Crippen LogP contribution is -2.36. The molecule has 1 fully saturated rings. The van der Waals surface area contributed by atoms with Crippen molar-refractivity contribution in [1.29, 1.82) is 0 Å². The van der Waals surface area contributed by atoms with Crippen LogP contribution in [0.4, 0.5) is 0 Å². The van der Waals surface area contributed by atoms with Gasteiger partial charge >= 0.3 is 11.6 Å². The fourth-order valence-electron chi connectivity index (χ4n) is 3.99. The van der Waals surface area contributed by atoms with Crippen molar-refractivity contribution in [3.63, 3.8) is 0 Å². The molecule has 9 nitrogen and oxygen atoms in total. The van der Waals surface area contributed by atoms with E-state index in [-0.39, 0.29) is 41.1 Å². The smallest absolute Gasteiger partial charge is 0.347 e. The number of ether oxygens (including phenoxy) is 2. The summed E-state index contributed by atoms with van der Waals surface area (Å²) in [5.41, 5.74) is 0.607. The van der Waals surface area contributed by atoms with Gasteiger partial charge in [0.1, 0.15) is 5.75 Å². The van der Waals surface area contributed by atoms with Gasteiger partial charge in [-0.2, -0.15) is 0 Å². The molecule has 2 aliphatic heterocycles. The molecule has 32 heavy (non-hydrogen) atoms. The van der Waals surface area contributed by atoms with Crippen LogP contribution in [0.25, 0.3) is 22.4 Å². The molecule has 0 bridgehead atoms. The van der Waals surface area contributed by atoms with Crippen LogP contribution in [-0.4, -0.2) is 46.9 Å². The predicted octanol–water partition coefficient (Wildman–Crippen LogP) is 2.56. The summed E-state index contributed by atoms with van der Waals surface area (Å²) in [7, 11) is 0. The molecule has 162 valence electrons. The van der Waals surface area contributed by atoms with Gasteiger partial charge < -0.3 is 13.9 Å². The Balaban J connectivity index is 1.48. The molecule has 9 heteroatoms. The molecular formula is C23H18N2O7. The molecule has 1 saturated heterocycles.